The summed E-state index contributed by atoms with van der Waals surface area (Å²) in [6.45, 7) is 4.55. The van der Waals surface area contributed by atoms with Crippen molar-refractivity contribution >= 4 is 11.3 Å². The smallest absolute Gasteiger partial charge is 0.106 e. The van der Waals surface area contributed by atoms with Crippen LogP contribution in [0.3, 0.4) is 0 Å². The molecule has 0 aromatic carbocycles. The van der Waals surface area contributed by atoms with Gasteiger partial charge in [0, 0.05) is 16.3 Å². The molecule has 0 amide bonds. The van der Waals surface area contributed by atoms with Crippen molar-refractivity contribution in [3.8, 4) is 0 Å². The van der Waals surface area contributed by atoms with Crippen molar-refractivity contribution in [1.82, 2.24) is 0 Å². The Labute approximate surface area is 88.8 Å². The number of aliphatic hydroxyl groups is 1. The lowest BCUT2D eigenvalue weighted by Gasteiger charge is -2.26. The molecule has 0 saturated carbocycles. The first-order valence-electron chi connectivity index (χ1n) is 5.16. The second-order valence-corrected chi connectivity index (χ2v) is 5.36. The van der Waals surface area contributed by atoms with Crippen molar-refractivity contribution in [2.24, 2.45) is 11.7 Å². The molecule has 0 radical (unpaired) electrons. The van der Waals surface area contributed by atoms with Crippen LogP contribution in [0.4, 0.5) is 0 Å². The minimum atomic E-state index is -0.765. The molecule has 2 unspecified atom stereocenters. The molecular formula is C11H17NOS. The Hall–Kier alpha value is -0.380. The van der Waals surface area contributed by atoms with Gasteiger partial charge in [-0.15, -0.1) is 11.3 Å². The normalized spacial score (nSPS) is 30.7. The fraction of sp³-hybridized carbons (Fsp3) is 0.636. The van der Waals surface area contributed by atoms with Gasteiger partial charge in [0.15, 0.2) is 0 Å². The minimum absolute atomic E-state index is 0.264. The summed E-state index contributed by atoms with van der Waals surface area (Å²) in [5.74, 6) is 0.264. The number of hydrogen-bond donors (Lipinski definition) is 2. The van der Waals surface area contributed by atoms with E-state index in [1.807, 2.05) is 11.3 Å². The zero-order valence-corrected chi connectivity index (χ0v) is 9.53. The molecule has 1 aromatic heterocycles. The number of nitrogens with two attached hydrogens (primary N) is 1. The van der Waals surface area contributed by atoms with E-state index in [9.17, 15) is 5.11 Å². The van der Waals surface area contributed by atoms with Gasteiger partial charge in [0.05, 0.1) is 0 Å². The zero-order valence-electron chi connectivity index (χ0n) is 8.71. The highest BCUT2D eigenvalue weighted by molar-refractivity contribution is 7.12. The van der Waals surface area contributed by atoms with Crippen LogP contribution in [0.25, 0.3) is 0 Å². The molecule has 1 aromatic rings. The van der Waals surface area contributed by atoms with Crippen LogP contribution < -0.4 is 5.73 Å². The van der Waals surface area contributed by atoms with E-state index in [1.165, 1.54) is 9.75 Å². The molecule has 1 aliphatic carbocycles. The molecule has 2 atom stereocenters. The van der Waals surface area contributed by atoms with E-state index in [-0.39, 0.29) is 5.92 Å². The monoisotopic (exact) mass is 211 g/mol. The summed E-state index contributed by atoms with van der Waals surface area (Å²) < 4.78 is 0. The minimum Gasteiger partial charge on any atom is -0.384 e. The lowest BCUT2D eigenvalue weighted by molar-refractivity contribution is 0.00495. The molecule has 14 heavy (non-hydrogen) atoms. The topological polar surface area (TPSA) is 46.2 Å². The third-order valence-corrected chi connectivity index (χ3v) is 4.59. The van der Waals surface area contributed by atoms with Crippen molar-refractivity contribution in [2.45, 2.75) is 32.3 Å². The molecule has 0 fully saturated rings. The molecule has 2 rings (SSSR count). The SMILES string of the molecule is CCc1cc2c(s1)CC(C)C2(O)CN. The summed E-state index contributed by atoms with van der Waals surface area (Å²) in [7, 11) is 0. The summed E-state index contributed by atoms with van der Waals surface area (Å²) in [4.78, 5) is 2.69. The third kappa shape index (κ3) is 1.23. The number of rotatable bonds is 2. The summed E-state index contributed by atoms with van der Waals surface area (Å²) >= 11 is 1.83. The predicted molar refractivity (Wildman–Crippen MR) is 59.5 cm³/mol. The van der Waals surface area contributed by atoms with Crippen molar-refractivity contribution in [2.75, 3.05) is 6.54 Å². The maximum absolute atomic E-state index is 10.4. The Bertz CT molecular complexity index is 347. The number of thiophene rings is 1. The van der Waals surface area contributed by atoms with E-state index in [1.54, 1.807) is 0 Å². The van der Waals surface area contributed by atoms with Crippen LogP contribution in [0.15, 0.2) is 6.07 Å². The molecule has 0 spiro atoms. The molecule has 78 valence electrons. The van der Waals surface area contributed by atoms with E-state index in [4.69, 9.17) is 5.73 Å². The molecule has 1 aliphatic rings. The summed E-state index contributed by atoms with van der Waals surface area (Å²) in [6, 6.07) is 2.14. The maximum Gasteiger partial charge on any atom is 0.106 e. The standard InChI is InChI=1S/C11H17NOS/c1-3-8-5-9-10(14-8)4-7(2)11(9,13)6-12/h5,7,13H,3-4,6,12H2,1-2H3. The van der Waals surface area contributed by atoms with E-state index >= 15 is 0 Å². The van der Waals surface area contributed by atoms with Crippen molar-refractivity contribution < 1.29 is 5.11 Å². The molecule has 3 heteroatoms. The Balaban J connectivity index is 2.44. The summed E-state index contributed by atoms with van der Waals surface area (Å²) in [6.07, 6.45) is 2.03. The maximum atomic E-state index is 10.4. The molecule has 3 N–H and O–H groups in total. The van der Waals surface area contributed by atoms with Gasteiger partial charge in [0.1, 0.15) is 5.60 Å². The largest absolute Gasteiger partial charge is 0.384 e. The van der Waals surface area contributed by atoms with Gasteiger partial charge >= 0.3 is 0 Å². The summed E-state index contributed by atoms with van der Waals surface area (Å²) in [5.41, 5.74) is 6.01. The number of aryl methyl sites for hydroxylation is 1. The molecule has 2 nitrogen and oxygen atoms in total. The van der Waals surface area contributed by atoms with Gasteiger partial charge in [0.2, 0.25) is 0 Å². The van der Waals surface area contributed by atoms with Crippen LogP contribution >= 0.6 is 11.3 Å². The van der Waals surface area contributed by atoms with Gasteiger partial charge in [-0.1, -0.05) is 13.8 Å². The Kier molecular flexibility index (Phi) is 2.41. The van der Waals surface area contributed by atoms with Gasteiger partial charge in [-0.2, -0.15) is 0 Å². The van der Waals surface area contributed by atoms with Gasteiger partial charge in [-0.25, -0.2) is 0 Å². The lowest BCUT2D eigenvalue weighted by Crippen LogP contribution is -2.37. The zero-order chi connectivity index (χ0) is 10.3. The van der Waals surface area contributed by atoms with E-state index in [2.05, 4.69) is 19.9 Å². The van der Waals surface area contributed by atoms with Crippen molar-refractivity contribution in [1.29, 1.82) is 0 Å². The summed E-state index contributed by atoms with van der Waals surface area (Å²) in [5, 5.41) is 10.4. The first-order chi connectivity index (χ1) is 6.61. The lowest BCUT2D eigenvalue weighted by atomic mass is 9.89. The van der Waals surface area contributed by atoms with Crippen LogP contribution in [-0.2, 0) is 18.4 Å². The van der Waals surface area contributed by atoms with Crippen molar-refractivity contribution in [3.05, 3.63) is 21.4 Å². The second-order valence-electron chi connectivity index (χ2n) is 4.14. The highest BCUT2D eigenvalue weighted by Crippen LogP contribution is 2.44. The van der Waals surface area contributed by atoms with Crippen LogP contribution in [0.1, 0.15) is 29.2 Å². The Morgan fingerprint density at radius 2 is 2.43 bits per heavy atom. The average Bonchev–Trinajstić information content (AvgIpc) is 2.68. The van der Waals surface area contributed by atoms with Gasteiger partial charge < -0.3 is 10.8 Å². The molecule has 0 bridgehead atoms. The molecule has 1 heterocycles. The van der Waals surface area contributed by atoms with E-state index in [0.717, 1.165) is 18.4 Å². The van der Waals surface area contributed by atoms with Gasteiger partial charge in [-0.3, -0.25) is 0 Å². The van der Waals surface area contributed by atoms with Gasteiger partial charge in [0.25, 0.3) is 0 Å². The first-order valence-corrected chi connectivity index (χ1v) is 5.98. The Morgan fingerprint density at radius 1 is 1.71 bits per heavy atom. The highest BCUT2D eigenvalue weighted by atomic mass is 32.1. The highest BCUT2D eigenvalue weighted by Gasteiger charge is 2.43. The van der Waals surface area contributed by atoms with E-state index in [0.29, 0.717) is 6.54 Å². The second kappa shape index (κ2) is 3.33. The fourth-order valence-electron chi connectivity index (χ4n) is 2.20. The predicted octanol–water partition coefficient (Wildman–Crippen LogP) is 1.65. The fourth-order valence-corrected chi connectivity index (χ4v) is 3.52. The van der Waals surface area contributed by atoms with Crippen LogP contribution in [0.5, 0.6) is 0 Å². The molecule has 0 saturated heterocycles. The quantitative estimate of drug-likeness (QED) is 0.781. The third-order valence-electron chi connectivity index (χ3n) is 3.29. The Morgan fingerprint density at radius 3 is 3.00 bits per heavy atom. The first kappa shape index (κ1) is 10.1. The average molecular weight is 211 g/mol. The number of hydrogen-bond acceptors (Lipinski definition) is 3. The van der Waals surface area contributed by atoms with Crippen LogP contribution in [0, 0.1) is 5.92 Å². The van der Waals surface area contributed by atoms with Crippen molar-refractivity contribution in [3.63, 3.8) is 0 Å². The van der Waals surface area contributed by atoms with Crippen LogP contribution in [0.2, 0.25) is 0 Å². The van der Waals surface area contributed by atoms with Crippen LogP contribution in [-0.4, -0.2) is 11.7 Å². The molecule has 0 aliphatic heterocycles. The number of fused-ring (bicyclic) bond motifs is 1. The van der Waals surface area contributed by atoms with E-state index < -0.39 is 5.60 Å². The van der Waals surface area contributed by atoms with Gasteiger partial charge in [-0.05, 0) is 30.4 Å². The molecular weight excluding hydrogens is 194 g/mol.